The Hall–Kier alpha value is -4.83. The van der Waals surface area contributed by atoms with E-state index >= 15 is 0 Å². The fraction of sp³-hybridized carbons (Fsp3) is 0.184. The Bertz CT molecular complexity index is 2100. The number of hydrogen-bond acceptors (Lipinski definition) is 8. The number of carboxylic acids is 1. The molecule has 10 heteroatoms. The van der Waals surface area contributed by atoms with Crippen molar-refractivity contribution < 1.29 is 19.4 Å². The number of hydrogen-bond donors (Lipinski definition) is 3. The average molecular weight is 680 g/mol. The van der Waals surface area contributed by atoms with Crippen molar-refractivity contribution in [2.24, 2.45) is 0 Å². The second-order valence-electron chi connectivity index (χ2n) is 11.3. The molecule has 1 aliphatic carbocycles. The lowest BCUT2D eigenvalue weighted by Crippen LogP contribution is -2.26. The van der Waals surface area contributed by atoms with E-state index in [1.54, 1.807) is 30.3 Å². The molecule has 0 unspecified atom stereocenters. The molecule has 8 nitrogen and oxygen atoms in total. The van der Waals surface area contributed by atoms with Crippen LogP contribution in [0.2, 0.25) is 5.02 Å². The predicted octanol–water partition coefficient (Wildman–Crippen LogP) is 8.38. The summed E-state index contributed by atoms with van der Waals surface area (Å²) in [5.41, 5.74) is 4.91. The van der Waals surface area contributed by atoms with Gasteiger partial charge in [-0.1, -0.05) is 61.0 Å². The van der Waals surface area contributed by atoms with Gasteiger partial charge in [0.1, 0.15) is 17.1 Å². The number of thioether (sulfide) groups is 1. The molecule has 48 heavy (non-hydrogen) atoms. The average Bonchev–Trinajstić information content (AvgIpc) is 3.09. The summed E-state index contributed by atoms with van der Waals surface area (Å²) in [6.45, 7) is 4.64. The summed E-state index contributed by atoms with van der Waals surface area (Å²) in [6.07, 6.45) is 1.81. The third-order valence-corrected chi connectivity index (χ3v) is 9.36. The summed E-state index contributed by atoms with van der Waals surface area (Å²) in [7, 11) is 0. The van der Waals surface area contributed by atoms with Crippen molar-refractivity contribution >= 4 is 46.0 Å². The Labute approximate surface area is 287 Å². The van der Waals surface area contributed by atoms with Gasteiger partial charge in [0, 0.05) is 66.4 Å². The lowest BCUT2D eigenvalue weighted by atomic mass is 9.90. The van der Waals surface area contributed by atoms with E-state index in [4.69, 9.17) is 16.0 Å². The van der Waals surface area contributed by atoms with Gasteiger partial charge in [-0.15, -0.1) is 0 Å². The molecule has 4 aromatic rings. The maximum absolute atomic E-state index is 12.6. The lowest BCUT2D eigenvalue weighted by molar-refractivity contribution is 0.0697. The molecule has 2 heterocycles. The van der Waals surface area contributed by atoms with Crippen LogP contribution in [0.1, 0.15) is 34.1 Å². The Morgan fingerprint density at radius 1 is 0.979 bits per heavy atom. The van der Waals surface area contributed by atoms with Crippen molar-refractivity contribution in [3.05, 3.63) is 135 Å². The summed E-state index contributed by atoms with van der Waals surface area (Å²) in [6, 6.07) is 26.7. The highest BCUT2D eigenvalue weighted by atomic mass is 35.5. The summed E-state index contributed by atoms with van der Waals surface area (Å²) in [5.74, 6) is 1.19. The van der Waals surface area contributed by atoms with Crippen LogP contribution >= 0.6 is 23.4 Å². The number of anilines is 1. The highest BCUT2D eigenvalue weighted by molar-refractivity contribution is 7.99. The number of fused-ring (bicyclic) bond motifs is 2. The number of carbonyl (C=O) groups is 1. The minimum absolute atomic E-state index is 0.00210. The fourth-order valence-corrected chi connectivity index (χ4v) is 6.72. The molecule has 6 rings (SSSR count). The molecule has 244 valence electrons. The maximum Gasteiger partial charge on any atom is 0.336 e. The number of para-hydroxylation sites is 1. The van der Waals surface area contributed by atoms with Crippen LogP contribution in [0.5, 0.6) is 5.75 Å². The molecule has 1 aromatic heterocycles. The van der Waals surface area contributed by atoms with Gasteiger partial charge in [0.15, 0.2) is 0 Å². The molecule has 0 radical (unpaired) electrons. The van der Waals surface area contributed by atoms with Gasteiger partial charge < -0.3 is 19.9 Å². The molecule has 0 saturated heterocycles. The topological polar surface area (TPSA) is 116 Å². The predicted molar refractivity (Wildman–Crippen MR) is 193 cm³/mol. The van der Waals surface area contributed by atoms with E-state index in [-0.39, 0.29) is 28.6 Å². The van der Waals surface area contributed by atoms with E-state index in [9.17, 15) is 19.8 Å². The third-order valence-electron chi connectivity index (χ3n) is 8.18. The van der Waals surface area contributed by atoms with Crippen LogP contribution in [0.4, 0.5) is 5.69 Å². The highest BCUT2D eigenvalue weighted by Crippen LogP contribution is 2.44. The maximum atomic E-state index is 12.6. The van der Waals surface area contributed by atoms with Crippen LogP contribution in [-0.2, 0) is 19.6 Å². The number of rotatable bonds is 13. The second kappa shape index (κ2) is 14.9. The van der Waals surface area contributed by atoms with Gasteiger partial charge >= 0.3 is 5.97 Å². The number of nitrogens with zero attached hydrogens (tertiary/aromatic N) is 2. The van der Waals surface area contributed by atoms with Crippen molar-refractivity contribution in [1.82, 2.24) is 9.88 Å². The number of aromatic carboxylic acids is 1. The van der Waals surface area contributed by atoms with E-state index in [0.29, 0.717) is 46.3 Å². The molecule has 2 aliphatic rings. The van der Waals surface area contributed by atoms with Gasteiger partial charge in [-0.2, -0.15) is 11.8 Å². The van der Waals surface area contributed by atoms with E-state index < -0.39 is 11.4 Å². The summed E-state index contributed by atoms with van der Waals surface area (Å²) in [5, 5.41) is 25.3. The Morgan fingerprint density at radius 2 is 1.77 bits per heavy atom. The molecule has 0 atom stereocenters. The normalized spacial score (nSPS) is 11.4. The zero-order valence-electron chi connectivity index (χ0n) is 26.3. The number of halogens is 1. The molecular weight excluding hydrogens is 646 g/mol. The van der Waals surface area contributed by atoms with Crippen LogP contribution < -0.4 is 10.7 Å². The zero-order chi connectivity index (χ0) is 33.6. The van der Waals surface area contributed by atoms with E-state index in [1.807, 2.05) is 54.4 Å². The quantitative estimate of drug-likeness (QED) is 0.0817. The number of aromatic nitrogens is 1. The Kier molecular flexibility index (Phi) is 10.3. The van der Waals surface area contributed by atoms with Crippen molar-refractivity contribution in [3.8, 4) is 28.2 Å². The van der Waals surface area contributed by atoms with Crippen LogP contribution in [0.3, 0.4) is 0 Å². The molecule has 1 aliphatic heterocycles. The lowest BCUT2D eigenvalue weighted by Gasteiger charge is -2.24. The molecular formula is C38H34ClN3O5S. The number of aromatic hydroxyl groups is 1. The van der Waals surface area contributed by atoms with Gasteiger partial charge in [-0.25, -0.2) is 4.79 Å². The number of phenolic OH excluding ortho intramolecular Hbond substituents is 1. The highest BCUT2D eigenvalue weighted by Gasteiger charge is 2.25. The molecule has 0 saturated carbocycles. The summed E-state index contributed by atoms with van der Waals surface area (Å²) in [4.78, 5) is 31.8. The molecule has 0 amide bonds. The minimum Gasteiger partial charge on any atom is -0.507 e. The van der Waals surface area contributed by atoms with Gasteiger partial charge in [0.2, 0.25) is 5.43 Å². The first kappa shape index (κ1) is 33.1. The van der Waals surface area contributed by atoms with Crippen LogP contribution in [-0.4, -0.2) is 44.1 Å². The van der Waals surface area contributed by atoms with Crippen molar-refractivity contribution in [2.45, 2.75) is 26.6 Å². The second-order valence-corrected chi connectivity index (χ2v) is 13.1. The fourth-order valence-electron chi connectivity index (χ4n) is 5.88. The van der Waals surface area contributed by atoms with E-state index in [2.05, 4.69) is 28.2 Å². The molecule has 0 bridgehead atoms. The number of benzene rings is 4. The first-order valence-electron chi connectivity index (χ1n) is 15.6. The number of carboxylic acid groups (broad SMARTS) is 1. The number of phenols is 1. The summed E-state index contributed by atoms with van der Waals surface area (Å²) < 4.78 is 6.34. The van der Waals surface area contributed by atoms with Gasteiger partial charge in [-0.05, 0) is 59.3 Å². The molecule has 0 fully saturated rings. The van der Waals surface area contributed by atoms with Gasteiger partial charge in [-0.3, -0.25) is 14.7 Å². The van der Waals surface area contributed by atoms with Crippen LogP contribution in [0.25, 0.3) is 33.4 Å². The van der Waals surface area contributed by atoms with E-state index in [1.165, 1.54) is 18.2 Å². The third kappa shape index (κ3) is 7.18. The van der Waals surface area contributed by atoms with Gasteiger partial charge in [0.25, 0.3) is 0 Å². The first-order valence-corrected chi connectivity index (χ1v) is 17.1. The van der Waals surface area contributed by atoms with Crippen molar-refractivity contribution in [3.63, 3.8) is 0 Å². The van der Waals surface area contributed by atoms with Crippen LogP contribution in [0.15, 0.2) is 106 Å². The monoisotopic (exact) mass is 679 g/mol. The van der Waals surface area contributed by atoms with Crippen LogP contribution in [0, 0.1) is 0 Å². The first-order chi connectivity index (χ1) is 23.3. The number of nitrogens with one attached hydrogen (secondary N) is 1. The standard InChI is InChI=1S/C38H34ClN3O5S/c1-2-48-18-17-42(23-25-10-7-8-16-40-25)22-24-9-3-6-13-32(24)41-21-30-33(43)15-14-28-36(26-11-4-5-12-27(26)38(45)46)29-19-31(39)34(44)20-35(29)47-37(28)30/h3-16,19-20,41,43H,2,17-18,21-23H2,1H3,(H,45,46). The summed E-state index contributed by atoms with van der Waals surface area (Å²) >= 11 is 8.18. The minimum atomic E-state index is -1.10. The largest absolute Gasteiger partial charge is 0.507 e. The zero-order valence-corrected chi connectivity index (χ0v) is 27.9. The Morgan fingerprint density at radius 3 is 2.56 bits per heavy atom. The van der Waals surface area contributed by atoms with Crippen molar-refractivity contribution in [1.29, 1.82) is 0 Å². The molecule has 0 spiro atoms. The molecule has 3 aromatic carbocycles. The molecule has 3 N–H and O–H groups in total. The van der Waals surface area contributed by atoms with Gasteiger partial charge in [0.05, 0.1) is 21.8 Å². The van der Waals surface area contributed by atoms with Crippen molar-refractivity contribution in [2.75, 3.05) is 23.4 Å². The smallest absolute Gasteiger partial charge is 0.336 e. The Balaban J connectivity index is 1.40. The SMILES string of the molecule is CCSCCN(Cc1ccccn1)Cc1ccccc1NCc1c(O)ccc2c(-c3ccccc3C(=O)O)c3cc(Cl)c(=O)cc-3oc12. The number of pyridine rings is 1. The van der Waals surface area contributed by atoms with E-state index in [0.717, 1.165) is 35.0 Å².